The topological polar surface area (TPSA) is 58.0 Å². The number of rotatable bonds is 3. The van der Waals surface area contributed by atoms with Crippen molar-refractivity contribution in [3.05, 3.63) is 47.9 Å². The van der Waals surface area contributed by atoms with Gasteiger partial charge in [0.1, 0.15) is 11.6 Å². The first-order valence-electron chi connectivity index (χ1n) is 5.06. The minimum absolute atomic E-state index is 0.288. The molecule has 0 saturated heterocycles. The highest BCUT2D eigenvalue weighted by Crippen LogP contribution is 2.17. The molecule has 1 heterocycles. The lowest BCUT2D eigenvalue weighted by Crippen LogP contribution is -2.04. The summed E-state index contributed by atoms with van der Waals surface area (Å²) in [6.07, 6.45) is 3.29. The van der Waals surface area contributed by atoms with Crippen LogP contribution in [0.4, 0.5) is 5.82 Å². The Kier molecular flexibility index (Phi) is 3.00. The Balaban J connectivity index is 2.09. The Morgan fingerprint density at radius 1 is 1.19 bits per heavy atom. The Morgan fingerprint density at radius 3 is 2.69 bits per heavy atom. The fourth-order valence-corrected chi connectivity index (χ4v) is 1.42. The van der Waals surface area contributed by atoms with Gasteiger partial charge in [-0.25, -0.2) is 4.98 Å². The number of aromatic hydroxyl groups is 1. The number of hydrogen-bond donors (Lipinski definition) is 2. The molecule has 2 rings (SSSR count). The van der Waals surface area contributed by atoms with Crippen LogP contribution in [0.2, 0.25) is 0 Å². The van der Waals surface area contributed by atoms with Gasteiger partial charge in [-0.3, -0.25) is 4.98 Å². The van der Waals surface area contributed by atoms with Crippen LogP contribution in [0.1, 0.15) is 11.3 Å². The molecule has 0 aliphatic carbocycles. The van der Waals surface area contributed by atoms with E-state index in [1.807, 2.05) is 19.1 Å². The van der Waals surface area contributed by atoms with Gasteiger partial charge in [0.05, 0.1) is 5.69 Å². The van der Waals surface area contributed by atoms with Crippen LogP contribution in [0, 0.1) is 6.92 Å². The molecule has 0 bridgehead atoms. The summed E-state index contributed by atoms with van der Waals surface area (Å²) in [7, 11) is 0. The van der Waals surface area contributed by atoms with Crippen molar-refractivity contribution in [2.24, 2.45) is 0 Å². The fraction of sp³-hybridized carbons (Fsp3) is 0.167. The van der Waals surface area contributed by atoms with Crippen LogP contribution in [-0.4, -0.2) is 15.1 Å². The van der Waals surface area contributed by atoms with Gasteiger partial charge in [-0.15, -0.1) is 0 Å². The van der Waals surface area contributed by atoms with Gasteiger partial charge in [0.15, 0.2) is 0 Å². The van der Waals surface area contributed by atoms with Crippen molar-refractivity contribution in [2.75, 3.05) is 5.32 Å². The molecular formula is C12H13N3O. The second kappa shape index (κ2) is 4.61. The molecule has 0 aliphatic rings. The van der Waals surface area contributed by atoms with E-state index in [4.69, 9.17) is 0 Å². The van der Waals surface area contributed by atoms with Crippen LogP contribution in [0.5, 0.6) is 5.75 Å². The van der Waals surface area contributed by atoms with Gasteiger partial charge in [-0.1, -0.05) is 18.2 Å². The van der Waals surface area contributed by atoms with E-state index in [2.05, 4.69) is 15.3 Å². The zero-order valence-electron chi connectivity index (χ0n) is 9.01. The maximum Gasteiger partial charge on any atom is 0.147 e. The second-order valence-electron chi connectivity index (χ2n) is 3.47. The number of benzene rings is 1. The van der Waals surface area contributed by atoms with E-state index in [9.17, 15) is 5.11 Å². The number of phenols is 1. The van der Waals surface area contributed by atoms with E-state index >= 15 is 0 Å². The first-order chi connectivity index (χ1) is 7.77. The number of phenolic OH excluding ortho intramolecular Hbond substituents is 1. The molecule has 2 aromatic rings. The van der Waals surface area contributed by atoms with Gasteiger partial charge >= 0.3 is 0 Å². The summed E-state index contributed by atoms with van der Waals surface area (Å²) in [5.74, 6) is 1.03. The van der Waals surface area contributed by atoms with Gasteiger partial charge in [0.2, 0.25) is 0 Å². The number of aryl methyl sites for hydroxylation is 1. The third kappa shape index (κ3) is 2.28. The standard InChI is InChI=1S/C12H13N3O/c1-9-12(14-7-6-13-9)15-8-10-4-2-3-5-11(10)16/h2-7,16H,8H2,1H3,(H,14,15). The van der Waals surface area contributed by atoms with Crippen LogP contribution in [0.25, 0.3) is 0 Å². The summed E-state index contributed by atoms with van der Waals surface area (Å²) in [5, 5.41) is 12.7. The summed E-state index contributed by atoms with van der Waals surface area (Å²) >= 11 is 0. The predicted octanol–water partition coefficient (Wildman–Crippen LogP) is 2.10. The normalized spacial score (nSPS) is 10.1. The Labute approximate surface area is 94.0 Å². The first kappa shape index (κ1) is 10.4. The Morgan fingerprint density at radius 2 is 1.94 bits per heavy atom. The lowest BCUT2D eigenvalue weighted by atomic mass is 10.2. The molecule has 1 aromatic carbocycles. The van der Waals surface area contributed by atoms with Gasteiger partial charge < -0.3 is 10.4 Å². The van der Waals surface area contributed by atoms with E-state index in [-0.39, 0.29) is 5.75 Å². The van der Waals surface area contributed by atoms with Gasteiger partial charge in [-0.2, -0.15) is 0 Å². The molecule has 4 heteroatoms. The number of nitrogens with one attached hydrogen (secondary N) is 1. The maximum atomic E-state index is 9.58. The molecule has 1 aromatic heterocycles. The van der Waals surface area contributed by atoms with Crippen LogP contribution < -0.4 is 5.32 Å². The highest BCUT2D eigenvalue weighted by atomic mass is 16.3. The average Bonchev–Trinajstić information content (AvgIpc) is 2.30. The van der Waals surface area contributed by atoms with Crippen LogP contribution in [0.15, 0.2) is 36.7 Å². The molecule has 4 nitrogen and oxygen atoms in total. The summed E-state index contributed by atoms with van der Waals surface area (Å²) < 4.78 is 0. The largest absolute Gasteiger partial charge is 0.508 e. The van der Waals surface area contributed by atoms with Crippen molar-refractivity contribution in [3.8, 4) is 5.75 Å². The molecule has 0 spiro atoms. The summed E-state index contributed by atoms with van der Waals surface area (Å²) in [6, 6.07) is 7.22. The minimum Gasteiger partial charge on any atom is -0.508 e. The summed E-state index contributed by atoms with van der Waals surface area (Å²) in [5.41, 5.74) is 1.69. The molecule has 0 fully saturated rings. The van der Waals surface area contributed by atoms with E-state index in [1.54, 1.807) is 24.5 Å². The lowest BCUT2D eigenvalue weighted by Gasteiger charge is -2.08. The quantitative estimate of drug-likeness (QED) is 0.823. The number of nitrogens with zero attached hydrogens (tertiary/aromatic N) is 2. The first-order valence-corrected chi connectivity index (χ1v) is 5.06. The molecule has 0 amide bonds. The fourth-order valence-electron chi connectivity index (χ4n) is 1.42. The summed E-state index contributed by atoms with van der Waals surface area (Å²) in [6.45, 7) is 2.42. The van der Waals surface area contributed by atoms with E-state index in [0.29, 0.717) is 6.54 Å². The van der Waals surface area contributed by atoms with E-state index in [0.717, 1.165) is 17.1 Å². The molecule has 0 atom stereocenters. The van der Waals surface area contributed by atoms with Crippen LogP contribution in [-0.2, 0) is 6.54 Å². The van der Waals surface area contributed by atoms with Gasteiger partial charge in [-0.05, 0) is 13.0 Å². The SMILES string of the molecule is Cc1nccnc1NCc1ccccc1O. The average molecular weight is 215 g/mol. The minimum atomic E-state index is 0.288. The lowest BCUT2D eigenvalue weighted by molar-refractivity contribution is 0.469. The third-order valence-corrected chi connectivity index (χ3v) is 2.32. The molecule has 0 unspecified atom stereocenters. The number of aromatic nitrogens is 2. The van der Waals surface area contributed by atoms with Crippen molar-refractivity contribution in [1.29, 1.82) is 0 Å². The molecule has 0 radical (unpaired) electrons. The molecule has 0 saturated carbocycles. The highest BCUT2D eigenvalue weighted by Gasteiger charge is 2.02. The number of anilines is 1. The van der Waals surface area contributed by atoms with Gasteiger partial charge in [0.25, 0.3) is 0 Å². The third-order valence-electron chi connectivity index (χ3n) is 2.32. The monoisotopic (exact) mass is 215 g/mol. The van der Waals surface area contributed by atoms with Gasteiger partial charge in [0, 0.05) is 24.5 Å². The van der Waals surface area contributed by atoms with Crippen molar-refractivity contribution < 1.29 is 5.11 Å². The smallest absolute Gasteiger partial charge is 0.147 e. The Hall–Kier alpha value is -2.10. The van der Waals surface area contributed by atoms with Crippen LogP contribution in [0.3, 0.4) is 0 Å². The highest BCUT2D eigenvalue weighted by molar-refractivity contribution is 5.41. The second-order valence-corrected chi connectivity index (χ2v) is 3.47. The number of hydrogen-bond acceptors (Lipinski definition) is 4. The zero-order chi connectivity index (χ0) is 11.4. The van der Waals surface area contributed by atoms with E-state index in [1.165, 1.54) is 0 Å². The number of para-hydroxylation sites is 1. The zero-order valence-corrected chi connectivity index (χ0v) is 9.01. The van der Waals surface area contributed by atoms with Crippen LogP contribution >= 0.6 is 0 Å². The molecule has 0 aliphatic heterocycles. The Bertz CT molecular complexity index is 440. The summed E-state index contributed by atoms with van der Waals surface area (Å²) in [4.78, 5) is 8.29. The maximum absolute atomic E-state index is 9.58. The van der Waals surface area contributed by atoms with Crippen molar-refractivity contribution in [3.63, 3.8) is 0 Å². The molecular weight excluding hydrogens is 202 g/mol. The van der Waals surface area contributed by atoms with Crippen molar-refractivity contribution in [1.82, 2.24) is 9.97 Å². The molecule has 16 heavy (non-hydrogen) atoms. The molecule has 2 N–H and O–H groups in total. The van der Waals surface area contributed by atoms with Crippen molar-refractivity contribution >= 4 is 5.82 Å². The molecule has 82 valence electrons. The van der Waals surface area contributed by atoms with Crippen molar-refractivity contribution in [2.45, 2.75) is 13.5 Å². The predicted molar refractivity (Wildman–Crippen MR) is 62.2 cm³/mol. The van der Waals surface area contributed by atoms with E-state index < -0.39 is 0 Å².